The van der Waals surface area contributed by atoms with E-state index in [1.165, 1.54) is 0 Å². The lowest BCUT2D eigenvalue weighted by Crippen LogP contribution is -1.98. The van der Waals surface area contributed by atoms with E-state index < -0.39 is 0 Å². The van der Waals surface area contributed by atoms with E-state index >= 15 is 0 Å². The van der Waals surface area contributed by atoms with Crippen LogP contribution in [0.1, 0.15) is 0 Å². The average Bonchev–Trinajstić information content (AvgIpc) is 2.14. The molecule has 0 saturated heterocycles. The van der Waals surface area contributed by atoms with Crippen LogP contribution in [0, 0.1) is 0 Å². The summed E-state index contributed by atoms with van der Waals surface area (Å²) < 4.78 is 0. The zero-order chi connectivity index (χ0) is 5.98. The summed E-state index contributed by atoms with van der Waals surface area (Å²) in [7, 11) is 0. The van der Waals surface area contributed by atoms with Crippen molar-refractivity contribution in [2.75, 3.05) is 0 Å². The quantitative estimate of drug-likeness (QED) is 0.528. The average molecular weight is 125 g/mol. The molecule has 1 aliphatic heterocycles. The first-order valence-corrected chi connectivity index (χ1v) is 3.15. The minimum Gasteiger partial charge on any atom is -0.319 e. The molecule has 0 bridgehead atoms. The molecule has 1 nitrogen and oxygen atoms in total. The van der Waals surface area contributed by atoms with Crippen molar-refractivity contribution in [1.29, 1.82) is 0 Å². The van der Waals surface area contributed by atoms with Crippen molar-refractivity contribution in [2.24, 2.45) is 0 Å². The Balaban J connectivity index is 2.66. The van der Waals surface area contributed by atoms with Crippen molar-refractivity contribution >= 4 is 11.8 Å². The fourth-order valence-electron chi connectivity index (χ4n) is 0.481. The van der Waals surface area contributed by atoms with Crippen molar-refractivity contribution in [2.45, 2.75) is 0 Å². The van der Waals surface area contributed by atoms with Crippen molar-refractivity contribution in [3.05, 3.63) is 36.0 Å². The SMILES string of the molecule is C=CN1C=CSC1=C. The summed E-state index contributed by atoms with van der Waals surface area (Å²) in [4.78, 5) is 1.88. The summed E-state index contributed by atoms with van der Waals surface area (Å²) in [5.41, 5.74) is 0. The lowest BCUT2D eigenvalue weighted by Gasteiger charge is -2.07. The Morgan fingerprint density at radius 3 is 2.75 bits per heavy atom. The highest BCUT2D eigenvalue weighted by Gasteiger charge is 2.03. The van der Waals surface area contributed by atoms with Gasteiger partial charge in [-0.1, -0.05) is 24.9 Å². The molecule has 0 aromatic rings. The van der Waals surface area contributed by atoms with Gasteiger partial charge in [-0.25, -0.2) is 0 Å². The predicted molar refractivity (Wildman–Crippen MR) is 37.9 cm³/mol. The van der Waals surface area contributed by atoms with Crippen LogP contribution in [0.3, 0.4) is 0 Å². The van der Waals surface area contributed by atoms with Crippen molar-refractivity contribution in [3.8, 4) is 0 Å². The Morgan fingerprint density at radius 1 is 1.75 bits per heavy atom. The molecule has 0 aromatic carbocycles. The normalized spacial score (nSPS) is 17.5. The Morgan fingerprint density at radius 2 is 2.50 bits per heavy atom. The Bertz CT molecular complexity index is 149. The molecule has 1 rings (SSSR count). The second-order valence-electron chi connectivity index (χ2n) is 1.39. The van der Waals surface area contributed by atoms with E-state index in [1.54, 1.807) is 18.0 Å². The second kappa shape index (κ2) is 2.09. The number of hydrogen-bond donors (Lipinski definition) is 0. The predicted octanol–water partition coefficient (Wildman–Crippen LogP) is 2.12. The van der Waals surface area contributed by atoms with Gasteiger partial charge in [0.1, 0.15) is 0 Å². The largest absolute Gasteiger partial charge is 0.319 e. The van der Waals surface area contributed by atoms with Crippen LogP contribution in [0.15, 0.2) is 36.0 Å². The maximum atomic E-state index is 3.76. The van der Waals surface area contributed by atoms with E-state index in [1.807, 2.05) is 16.5 Å². The van der Waals surface area contributed by atoms with E-state index in [2.05, 4.69) is 13.2 Å². The van der Waals surface area contributed by atoms with E-state index in [0.717, 1.165) is 5.03 Å². The molecule has 0 spiro atoms. The summed E-state index contributed by atoms with van der Waals surface area (Å²) in [5.74, 6) is 0. The molecule has 0 saturated carbocycles. The zero-order valence-electron chi connectivity index (χ0n) is 4.50. The smallest absolute Gasteiger partial charge is 0.0758 e. The number of rotatable bonds is 1. The molecular formula is C6H7NS. The third-order valence-electron chi connectivity index (χ3n) is 0.910. The second-order valence-corrected chi connectivity index (χ2v) is 2.37. The Kier molecular flexibility index (Phi) is 1.44. The van der Waals surface area contributed by atoms with Gasteiger partial charge in [0.15, 0.2) is 0 Å². The molecule has 42 valence electrons. The molecule has 0 aromatic heterocycles. The van der Waals surface area contributed by atoms with Gasteiger partial charge in [0.05, 0.1) is 5.03 Å². The minimum absolute atomic E-state index is 1.01. The molecular weight excluding hydrogens is 118 g/mol. The van der Waals surface area contributed by atoms with Crippen molar-refractivity contribution in [3.63, 3.8) is 0 Å². The fourth-order valence-corrected chi connectivity index (χ4v) is 1.09. The Hall–Kier alpha value is -0.630. The third kappa shape index (κ3) is 0.793. The molecule has 2 heteroatoms. The lowest BCUT2D eigenvalue weighted by atomic mass is 10.7. The first-order chi connectivity index (χ1) is 3.84. The van der Waals surface area contributed by atoms with Gasteiger partial charge < -0.3 is 4.90 Å². The highest BCUT2D eigenvalue weighted by atomic mass is 32.2. The van der Waals surface area contributed by atoms with Gasteiger partial charge in [0.25, 0.3) is 0 Å². The monoisotopic (exact) mass is 125 g/mol. The van der Waals surface area contributed by atoms with Crippen LogP contribution < -0.4 is 0 Å². The third-order valence-corrected chi connectivity index (χ3v) is 1.65. The molecule has 0 unspecified atom stereocenters. The summed E-state index contributed by atoms with van der Waals surface area (Å²) in [5, 5.41) is 2.99. The maximum Gasteiger partial charge on any atom is 0.0758 e. The molecule has 0 atom stereocenters. The van der Waals surface area contributed by atoms with E-state index in [-0.39, 0.29) is 0 Å². The number of nitrogens with zero attached hydrogens (tertiary/aromatic N) is 1. The van der Waals surface area contributed by atoms with Gasteiger partial charge in [-0.3, -0.25) is 0 Å². The lowest BCUT2D eigenvalue weighted by molar-refractivity contribution is 0.692. The first-order valence-electron chi connectivity index (χ1n) is 2.27. The van der Waals surface area contributed by atoms with Crippen LogP contribution in [-0.4, -0.2) is 4.90 Å². The van der Waals surface area contributed by atoms with Crippen LogP contribution in [-0.2, 0) is 0 Å². The van der Waals surface area contributed by atoms with Gasteiger partial charge in [-0.15, -0.1) is 0 Å². The molecule has 0 aliphatic carbocycles. The van der Waals surface area contributed by atoms with Gasteiger partial charge in [-0.2, -0.15) is 0 Å². The molecule has 0 fully saturated rings. The van der Waals surface area contributed by atoms with Gasteiger partial charge >= 0.3 is 0 Å². The fraction of sp³-hybridized carbons (Fsp3) is 0. The molecule has 0 N–H and O–H groups in total. The van der Waals surface area contributed by atoms with E-state index in [0.29, 0.717) is 0 Å². The topological polar surface area (TPSA) is 3.24 Å². The van der Waals surface area contributed by atoms with Crippen LogP contribution in [0.5, 0.6) is 0 Å². The van der Waals surface area contributed by atoms with Crippen LogP contribution >= 0.6 is 11.8 Å². The van der Waals surface area contributed by atoms with Crippen molar-refractivity contribution in [1.82, 2.24) is 4.90 Å². The summed E-state index contributed by atoms with van der Waals surface area (Å²) in [6.45, 7) is 7.36. The maximum absolute atomic E-state index is 3.76. The van der Waals surface area contributed by atoms with Gasteiger partial charge in [0.2, 0.25) is 0 Å². The molecule has 8 heavy (non-hydrogen) atoms. The summed E-state index contributed by atoms with van der Waals surface area (Å²) >= 11 is 1.61. The Labute approximate surface area is 53.4 Å². The van der Waals surface area contributed by atoms with Gasteiger partial charge in [0, 0.05) is 12.4 Å². The molecule has 0 amide bonds. The van der Waals surface area contributed by atoms with Crippen LogP contribution in [0.4, 0.5) is 0 Å². The highest BCUT2D eigenvalue weighted by molar-refractivity contribution is 8.06. The van der Waals surface area contributed by atoms with E-state index in [9.17, 15) is 0 Å². The molecule has 1 heterocycles. The van der Waals surface area contributed by atoms with Crippen LogP contribution in [0.25, 0.3) is 0 Å². The molecule has 1 aliphatic rings. The molecule has 0 radical (unpaired) electrons. The summed E-state index contributed by atoms with van der Waals surface area (Å²) in [6, 6.07) is 0. The first kappa shape index (κ1) is 5.51. The standard InChI is InChI=1S/C6H7NS/c1-3-7-4-5-8-6(7)2/h3-5H,1-2H2. The number of hydrogen-bond acceptors (Lipinski definition) is 2. The highest BCUT2D eigenvalue weighted by Crippen LogP contribution is 2.26. The van der Waals surface area contributed by atoms with E-state index in [4.69, 9.17) is 0 Å². The number of thioether (sulfide) groups is 1. The van der Waals surface area contributed by atoms with Crippen molar-refractivity contribution < 1.29 is 0 Å². The zero-order valence-corrected chi connectivity index (χ0v) is 5.32. The minimum atomic E-state index is 1.01. The summed E-state index contributed by atoms with van der Waals surface area (Å²) in [6.07, 6.45) is 3.67. The van der Waals surface area contributed by atoms with Crippen LogP contribution in [0.2, 0.25) is 0 Å². The van der Waals surface area contributed by atoms with Gasteiger partial charge in [-0.05, 0) is 5.41 Å².